The number of nitrogens with one attached hydrogen (secondary N) is 1. The molecule has 1 aliphatic heterocycles. The standard InChI is InChI=1S/C40H28N4/c1-3-12-27(13-4-1)29-25-41-40(42-26-29)28-14-11-17-31(22-28)44-37-21-10-8-19-33(37)35-23-34-32-18-7-9-20-36(32)43(38(34)24-39(35)44)30-15-5-2-6-16-30/h1-25H,26H2,(H,41,42). The van der Waals surface area contributed by atoms with Crippen molar-refractivity contribution in [1.29, 1.82) is 0 Å². The summed E-state index contributed by atoms with van der Waals surface area (Å²) in [5.41, 5.74) is 10.5. The number of para-hydroxylation sites is 3. The minimum Gasteiger partial charge on any atom is -0.365 e. The topological polar surface area (TPSA) is 34.2 Å². The molecule has 0 radical (unpaired) electrons. The molecule has 0 unspecified atom stereocenters. The van der Waals surface area contributed by atoms with Crippen molar-refractivity contribution in [3.63, 3.8) is 0 Å². The van der Waals surface area contributed by atoms with Gasteiger partial charge in [-0.25, -0.2) is 4.99 Å². The molecular weight excluding hydrogens is 536 g/mol. The Labute approximate surface area is 254 Å². The molecule has 0 fully saturated rings. The van der Waals surface area contributed by atoms with E-state index >= 15 is 0 Å². The smallest absolute Gasteiger partial charge is 0.133 e. The first-order chi connectivity index (χ1) is 21.8. The molecule has 4 nitrogen and oxygen atoms in total. The van der Waals surface area contributed by atoms with Crippen LogP contribution in [0.3, 0.4) is 0 Å². The van der Waals surface area contributed by atoms with Gasteiger partial charge in [-0.05, 0) is 59.7 Å². The fourth-order valence-electron chi connectivity index (χ4n) is 6.77. The molecule has 0 bridgehead atoms. The second-order valence-electron chi connectivity index (χ2n) is 11.3. The maximum absolute atomic E-state index is 4.85. The molecular formula is C40H28N4. The Bertz CT molecular complexity index is 2430. The van der Waals surface area contributed by atoms with Crippen LogP contribution in [-0.4, -0.2) is 21.5 Å². The number of aliphatic imine (C=N–C) groups is 1. The first kappa shape index (κ1) is 24.7. The maximum Gasteiger partial charge on any atom is 0.133 e. The summed E-state index contributed by atoms with van der Waals surface area (Å²) >= 11 is 0. The molecule has 6 aromatic carbocycles. The van der Waals surface area contributed by atoms with E-state index in [0.29, 0.717) is 0 Å². The molecule has 0 atom stereocenters. The average molecular weight is 565 g/mol. The van der Waals surface area contributed by atoms with Gasteiger partial charge in [0.05, 0.1) is 22.1 Å². The molecule has 1 N–H and O–H groups in total. The fourth-order valence-corrected chi connectivity index (χ4v) is 6.77. The van der Waals surface area contributed by atoms with E-state index in [4.69, 9.17) is 4.99 Å². The predicted molar refractivity (Wildman–Crippen MR) is 184 cm³/mol. The average Bonchev–Trinajstić information content (AvgIpc) is 3.60. The van der Waals surface area contributed by atoms with Gasteiger partial charge in [-0.2, -0.15) is 0 Å². The quantitative estimate of drug-likeness (QED) is 0.227. The number of rotatable bonds is 4. The summed E-state index contributed by atoms with van der Waals surface area (Å²) in [5.74, 6) is 0.888. The lowest BCUT2D eigenvalue weighted by atomic mass is 10.1. The van der Waals surface area contributed by atoms with Crippen molar-refractivity contribution in [2.75, 3.05) is 6.54 Å². The van der Waals surface area contributed by atoms with Gasteiger partial charge in [0.2, 0.25) is 0 Å². The minimum atomic E-state index is 0.741. The molecule has 208 valence electrons. The lowest BCUT2D eigenvalue weighted by Gasteiger charge is -2.17. The van der Waals surface area contributed by atoms with Crippen LogP contribution in [0.2, 0.25) is 0 Å². The van der Waals surface area contributed by atoms with Crippen LogP contribution >= 0.6 is 0 Å². The van der Waals surface area contributed by atoms with E-state index in [1.54, 1.807) is 0 Å². The number of aromatic nitrogens is 2. The molecule has 1 aliphatic rings. The number of amidine groups is 1. The first-order valence-corrected chi connectivity index (χ1v) is 15.0. The van der Waals surface area contributed by atoms with Gasteiger partial charge in [-0.15, -0.1) is 0 Å². The SMILES string of the molecule is C1=C(c2ccccc2)CNC(c2cccc(-n3c4ccccc4c4cc5c6ccccc6n(-c6ccccc6)c5cc43)c2)=N1. The van der Waals surface area contributed by atoms with Gasteiger partial charge < -0.3 is 14.5 Å². The van der Waals surface area contributed by atoms with Crippen LogP contribution in [0.4, 0.5) is 0 Å². The summed E-state index contributed by atoms with van der Waals surface area (Å²) in [6.45, 7) is 0.741. The van der Waals surface area contributed by atoms with Crippen molar-refractivity contribution < 1.29 is 0 Å². The Morgan fingerprint density at radius 1 is 0.455 bits per heavy atom. The molecule has 0 aliphatic carbocycles. The summed E-state index contributed by atoms with van der Waals surface area (Å²) < 4.78 is 4.79. The molecule has 0 saturated heterocycles. The van der Waals surface area contributed by atoms with Gasteiger partial charge in [0, 0.05) is 51.2 Å². The Morgan fingerprint density at radius 3 is 1.68 bits per heavy atom. The molecule has 0 saturated carbocycles. The summed E-state index contributed by atoms with van der Waals surface area (Å²) in [4.78, 5) is 4.85. The molecule has 2 aromatic heterocycles. The lowest BCUT2D eigenvalue weighted by Crippen LogP contribution is -2.28. The zero-order valence-corrected chi connectivity index (χ0v) is 24.0. The predicted octanol–water partition coefficient (Wildman–Crippen LogP) is 9.27. The molecule has 9 rings (SSSR count). The largest absolute Gasteiger partial charge is 0.365 e. The first-order valence-electron chi connectivity index (χ1n) is 15.0. The number of hydrogen-bond acceptors (Lipinski definition) is 2. The highest BCUT2D eigenvalue weighted by Crippen LogP contribution is 2.39. The number of hydrogen-bond donors (Lipinski definition) is 1. The third kappa shape index (κ3) is 3.81. The van der Waals surface area contributed by atoms with Gasteiger partial charge >= 0.3 is 0 Å². The Kier molecular flexibility index (Phi) is 5.53. The van der Waals surface area contributed by atoms with Crippen LogP contribution in [0.25, 0.3) is 60.6 Å². The van der Waals surface area contributed by atoms with Gasteiger partial charge in [0.15, 0.2) is 0 Å². The minimum absolute atomic E-state index is 0.741. The van der Waals surface area contributed by atoms with E-state index in [1.165, 1.54) is 54.7 Å². The Balaban J connectivity index is 1.26. The summed E-state index contributed by atoms with van der Waals surface area (Å²) in [6, 6.07) is 52.0. The van der Waals surface area contributed by atoms with Crippen molar-refractivity contribution >= 4 is 55.0 Å². The van der Waals surface area contributed by atoms with Crippen molar-refractivity contribution in [2.24, 2.45) is 4.99 Å². The zero-order chi connectivity index (χ0) is 29.0. The molecule has 8 aromatic rings. The molecule has 44 heavy (non-hydrogen) atoms. The van der Waals surface area contributed by atoms with Gasteiger partial charge in [-0.3, -0.25) is 0 Å². The third-order valence-electron chi connectivity index (χ3n) is 8.80. The normalized spacial score (nSPS) is 13.4. The van der Waals surface area contributed by atoms with Crippen LogP contribution < -0.4 is 5.32 Å². The highest BCUT2D eigenvalue weighted by atomic mass is 15.0. The maximum atomic E-state index is 4.85. The van der Waals surface area contributed by atoms with Crippen LogP contribution in [0.5, 0.6) is 0 Å². The zero-order valence-electron chi connectivity index (χ0n) is 24.0. The van der Waals surface area contributed by atoms with Crippen molar-refractivity contribution in [1.82, 2.24) is 14.5 Å². The third-order valence-corrected chi connectivity index (χ3v) is 8.80. The van der Waals surface area contributed by atoms with E-state index in [1.807, 2.05) is 12.3 Å². The summed E-state index contributed by atoms with van der Waals surface area (Å²) in [7, 11) is 0. The fraction of sp³-hybridized carbons (Fsp3) is 0.0250. The van der Waals surface area contributed by atoms with Crippen LogP contribution in [-0.2, 0) is 0 Å². The Morgan fingerprint density at radius 2 is 1.02 bits per heavy atom. The van der Waals surface area contributed by atoms with E-state index in [0.717, 1.165) is 29.3 Å². The second kappa shape index (κ2) is 9.85. The van der Waals surface area contributed by atoms with Crippen molar-refractivity contribution in [2.45, 2.75) is 0 Å². The van der Waals surface area contributed by atoms with Crippen molar-refractivity contribution in [3.8, 4) is 11.4 Å². The van der Waals surface area contributed by atoms with Gasteiger partial charge in [0.1, 0.15) is 5.84 Å². The highest BCUT2D eigenvalue weighted by molar-refractivity contribution is 6.19. The molecule has 4 heteroatoms. The number of nitrogens with zero attached hydrogens (tertiary/aromatic N) is 3. The van der Waals surface area contributed by atoms with Crippen LogP contribution in [0.15, 0.2) is 157 Å². The van der Waals surface area contributed by atoms with E-state index in [9.17, 15) is 0 Å². The van der Waals surface area contributed by atoms with E-state index < -0.39 is 0 Å². The van der Waals surface area contributed by atoms with Crippen molar-refractivity contribution in [3.05, 3.63) is 163 Å². The van der Waals surface area contributed by atoms with Gasteiger partial charge in [0.25, 0.3) is 0 Å². The second-order valence-corrected chi connectivity index (χ2v) is 11.3. The van der Waals surface area contributed by atoms with Gasteiger partial charge in [-0.1, -0.05) is 97.1 Å². The number of benzene rings is 6. The monoisotopic (exact) mass is 564 g/mol. The summed E-state index contributed by atoms with van der Waals surface area (Å²) in [5, 5.41) is 8.58. The lowest BCUT2D eigenvalue weighted by molar-refractivity contribution is 1.02. The van der Waals surface area contributed by atoms with E-state index in [-0.39, 0.29) is 0 Å². The van der Waals surface area contributed by atoms with Crippen LogP contribution in [0, 0.1) is 0 Å². The molecule has 0 amide bonds. The number of fused-ring (bicyclic) bond motifs is 6. The van der Waals surface area contributed by atoms with E-state index in [2.05, 4.69) is 154 Å². The molecule has 3 heterocycles. The Hall–Kier alpha value is -5.87. The molecule has 0 spiro atoms. The summed E-state index contributed by atoms with van der Waals surface area (Å²) in [6.07, 6.45) is 1.99. The van der Waals surface area contributed by atoms with Crippen LogP contribution in [0.1, 0.15) is 11.1 Å². The highest BCUT2D eigenvalue weighted by Gasteiger charge is 2.19.